The normalized spacial score (nSPS) is 10.9. The molecule has 0 bridgehead atoms. The van der Waals surface area contributed by atoms with Gasteiger partial charge in [-0.1, -0.05) is 12.1 Å². The Kier molecular flexibility index (Phi) is 5.59. The van der Waals surface area contributed by atoms with Crippen molar-refractivity contribution in [1.29, 1.82) is 5.26 Å². The minimum Gasteiger partial charge on any atom is -0.339 e. The molecule has 24 heavy (non-hydrogen) atoms. The first-order valence-corrected chi connectivity index (χ1v) is 9.78. The van der Waals surface area contributed by atoms with E-state index in [4.69, 9.17) is 5.26 Å². The second-order valence-electron chi connectivity index (χ2n) is 5.26. The maximum absolute atomic E-state index is 12.4. The minimum atomic E-state index is -3.65. The lowest BCUT2D eigenvalue weighted by molar-refractivity contribution is -0.128. The number of carbonyl (C=O) groups is 1. The Labute approximate surface area is 145 Å². The Balaban J connectivity index is 2.20. The van der Waals surface area contributed by atoms with Crippen LogP contribution < -0.4 is 4.31 Å². The molecule has 8 heteroatoms. The maximum atomic E-state index is 12.4. The Morgan fingerprint density at radius 1 is 1.29 bits per heavy atom. The molecule has 0 aliphatic heterocycles. The smallest absolute Gasteiger partial charge is 0.243 e. The van der Waals surface area contributed by atoms with Crippen molar-refractivity contribution < 1.29 is 13.2 Å². The summed E-state index contributed by atoms with van der Waals surface area (Å²) in [5, 5.41) is 10.9. The maximum Gasteiger partial charge on any atom is 0.243 e. The van der Waals surface area contributed by atoms with Crippen LogP contribution in [0.1, 0.15) is 10.4 Å². The summed E-state index contributed by atoms with van der Waals surface area (Å²) >= 11 is 1.53. The zero-order valence-electron chi connectivity index (χ0n) is 13.3. The predicted octanol–water partition coefficient (Wildman–Crippen LogP) is 2.04. The number of anilines is 1. The number of nitrogens with zero attached hydrogens (tertiary/aromatic N) is 3. The molecule has 2 aromatic rings. The molecule has 0 radical (unpaired) electrons. The van der Waals surface area contributed by atoms with Crippen LogP contribution in [0.3, 0.4) is 0 Å². The molecule has 1 aromatic carbocycles. The van der Waals surface area contributed by atoms with E-state index in [-0.39, 0.29) is 12.5 Å². The van der Waals surface area contributed by atoms with Gasteiger partial charge < -0.3 is 4.90 Å². The van der Waals surface area contributed by atoms with Gasteiger partial charge >= 0.3 is 0 Å². The van der Waals surface area contributed by atoms with Crippen molar-refractivity contribution in [2.75, 3.05) is 24.2 Å². The highest BCUT2D eigenvalue weighted by atomic mass is 32.2. The molecule has 0 saturated heterocycles. The van der Waals surface area contributed by atoms with Gasteiger partial charge in [0, 0.05) is 11.9 Å². The summed E-state index contributed by atoms with van der Waals surface area (Å²) in [6, 6.07) is 12.0. The second-order valence-corrected chi connectivity index (χ2v) is 8.20. The van der Waals surface area contributed by atoms with Crippen LogP contribution in [0.2, 0.25) is 0 Å². The zero-order chi connectivity index (χ0) is 17.7. The van der Waals surface area contributed by atoms with Gasteiger partial charge in [-0.3, -0.25) is 9.10 Å². The monoisotopic (exact) mass is 363 g/mol. The van der Waals surface area contributed by atoms with E-state index in [9.17, 15) is 13.2 Å². The van der Waals surface area contributed by atoms with Crippen molar-refractivity contribution >= 4 is 33.0 Å². The Hall–Kier alpha value is -2.37. The van der Waals surface area contributed by atoms with Crippen LogP contribution >= 0.6 is 11.3 Å². The molecule has 2 rings (SSSR count). The SMILES string of the molecule is CN(Cc1cccs1)C(=O)CN(c1cccc(C#N)c1)S(C)(=O)=O. The number of hydrogen-bond donors (Lipinski definition) is 0. The standard InChI is InChI=1S/C16H17N3O3S2/c1-18(11-15-7-4-8-23-15)16(20)12-19(24(2,21)22)14-6-3-5-13(9-14)10-17/h3-9H,11-12H2,1-2H3. The largest absolute Gasteiger partial charge is 0.339 e. The molecule has 0 fully saturated rings. The molecule has 6 nitrogen and oxygen atoms in total. The van der Waals surface area contributed by atoms with Crippen molar-refractivity contribution in [3.8, 4) is 6.07 Å². The molecule has 0 atom stereocenters. The third-order valence-corrected chi connectivity index (χ3v) is 5.34. The van der Waals surface area contributed by atoms with E-state index in [0.29, 0.717) is 17.8 Å². The number of benzene rings is 1. The third-order valence-electron chi connectivity index (χ3n) is 3.34. The fourth-order valence-electron chi connectivity index (χ4n) is 2.10. The topological polar surface area (TPSA) is 81.5 Å². The molecule has 0 saturated carbocycles. The molecule has 126 valence electrons. The fourth-order valence-corrected chi connectivity index (χ4v) is 3.70. The van der Waals surface area contributed by atoms with Gasteiger partial charge in [0.2, 0.25) is 15.9 Å². The summed E-state index contributed by atoms with van der Waals surface area (Å²) in [5.41, 5.74) is 0.634. The number of sulfonamides is 1. The first-order chi connectivity index (χ1) is 11.3. The van der Waals surface area contributed by atoms with E-state index in [1.165, 1.54) is 22.3 Å². The van der Waals surface area contributed by atoms with Gasteiger partial charge in [-0.25, -0.2) is 8.42 Å². The average Bonchev–Trinajstić information content (AvgIpc) is 3.04. The highest BCUT2D eigenvalue weighted by Crippen LogP contribution is 2.19. The van der Waals surface area contributed by atoms with Gasteiger partial charge in [-0.2, -0.15) is 5.26 Å². The molecule has 0 spiro atoms. The second kappa shape index (κ2) is 7.47. The van der Waals surface area contributed by atoms with Crippen LogP contribution in [0.4, 0.5) is 5.69 Å². The molecule has 0 unspecified atom stereocenters. The van der Waals surface area contributed by atoms with Gasteiger partial charge in [-0.15, -0.1) is 11.3 Å². The molecule has 1 aromatic heterocycles. The first-order valence-electron chi connectivity index (χ1n) is 7.05. The summed E-state index contributed by atoms with van der Waals surface area (Å²) in [6.07, 6.45) is 1.04. The predicted molar refractivity (Wildman–Crippen MR) is 94.1 cm³/mol. The highest BCUT2D eigenvalue weighted by molar-refractivity contribution is 7.92. The lowest BCUT2D eigenvalue weighted by atomic mass is 10.2. The Morgan fingerprint density at radius 2 is 2.04 bits per heavy atom. The minimum absolute atomic E-state index is 0.300. The fraction of sp³-hybridized carbons (Fsp3) is 0.250. The van der Waals surface area contributed by atoms with E-state index >= 15 is 0 Å². The lowest BCUT2D eigenvalue weighted by Crippen LogP contribution is -2.40. The van der Waals surface area contributed by atoms with Crippen LogP contribution in [-0.4, -0.2) is 39.1 Å². The zero-order valence-corrected chi connectivity index (χ0v) is 15.0. The van der Waals surface area contributed by atoms with Gasteiger partial charge in [0.1, 0.15) is 6.54 Å². The summed E-state index contributed by atoms with van der Waals surface area (Å²) in [4.78, 5) is 14.9. The summed E-state index contributed by atoms with van der Waals surface area (Å²) in [5.74, 6) is -0.323. The van der Waals surface area contributed by atoms with E-state index in [1.54, 1.807) is 25.2 Å². The number of hydrogen-bond acceptors (Lipinski definition) is 5. The van der Waals surface area contributed by atoms with Crippen LogP contribution in [0.25, 0.3) is 0 Å². The van der Waals surface area contributed by atoms with Gasteiger partial charge in [0.15, 0.2) is 0 Å². The molecule has 0 N–H and O–H groups in total. The number of rotatable bonds is 6. The van der Waals surface area contributed by atoms with Crippen molar-refractivity contribution in [2.45, 2.75) is 6.54 Å². The number of amides is 1. The average molecular weight is 363 g/mol. The van der Waals surface area contributed by atoms with Crippen molar-refractivity contribution in [1.82, 2.24) is 4.90 Å². The van der Waals surface area contributed by atoms with Gasteiger partial charge in [0.05, 0.1) is 30.1 Å². The van der Waals surface area contributed by atoms with Crippen LogP contribution in [0.15, 0.2) is 41.8 Å². The molecule has 1 heterocycles. The third kappa shape index (κ3) is 4.57. The molecular weight excluding hydrogens is 346 g/mol. The summed E-state index contributed by atoms with van der Waals surface area (Å²) in [7, 11) is -2.02. The first kappa shape index (κ1) is 18.0. The van der Waals surface area contributed by atoms with E-state index in [2.05, 4.69) is 0 Å². The van der Waals surface area contributed by atoms with E-state index in [1.807, 2.05) is 23.6 Å². The van der Waals surface area contributed by atoms with E-state index in [0.717, 1.165) is 15.4 Å². The van der Waals surface area contributed by atoms with Crippen molar-refractivity contribution in [3.63, 3.8) is 0 Å². The summed E-state index contributed by atoms with van der Waals surface area (Å²) < 4.78 is 25.2. The van der Waals surface area contributed by atoms with Gasteiger partial charge in [0.25, 0.3) is 0 Å². The number of thiophene rings is 1. The van der Waals surface area contributed by atoms with Crippen LogP contribution in [-0.2, 0) is 21.4 Å². The van der Waals surface area contributed by atoms with Gasteiger partial charge in [-0.05, 0) is 29.6 Å². The lowest BCUT2D eigenvalue weighted by Gasteiger charge is -2.25. The quantitative estimate of drug-likeness (QED) is 0.786. The van der Waals surface area contributed by atoms with Crippen molar-refractivity contribution in [2.24, 2.45) is 0 Å². The number of nitriles is 1. The van der Waals surface area contributed by atoms with Crippen LogP contribution in [0, 0.1) is 11.3 Å². The Bertz CT molecular complexity index is 855. The van der Waals surface area contributed by atoms with Crippen molar-refractivity contribution in [3.05, 3.63) is 52.2 Å². The number of likely N-dealkylation sites (N-methyl/N-ethyl adjacent to an activating group) is 1. The number of carbonyl (C=O) groups excluding carboxylic acids is 1. The molecule has 0 aliphatic carbocycles. The molecule has 1 amide bonds. The Morgan fingerprint density at radius 3 is 2.62 bits per heavy atom. The molecule has 0 aliphatic rings. The molecular formula is C16H17N3O3S2. The van der Waals surface area contributed by atoms with Crippen LogP contribution in [0.5, 0.6) is 0 Å². The summed E-state index contributed by atoms with van der Waals surface area (Å²) in [6.45, 7) is 0.113. The van der Waals surface area contributed by atoms with E-state index < -0.39 is 10.0 Å². The highest BCUT2D eigenvalue weighted by Gasteiger charge is 2.23.